The van der Waals surface area contributed by atoms with Gasteiger partial charge in [0.25, 0.3) is 0 Å². The Morgan fingerprint density at radius 1 is 1.26 bits per heavy atom. The van der Waals surface area contributed by atoms with Crippen LogP contribution in [0.1, 0.15) is 42.7 Å². The quantitative estimate of drug-likeness (QED) is 0.892. The minimum absolute atomic E-state index is 0.0424. The van der Waals surface area contributed by atoms with Crippen LogP contribution in [-0.2, 0) is 26.4 Å². The zero-order valence-corrected chi connectivity index (χ0v) is 12.2. The fourth-order valence-electron chi connectivity index (χ4n) is 2.43. The smallest absolute Gasteiger partial charge is 0.0625 e. The molecule has 5 heteroatoms. The van der Waals surface area contributed by atoms with E-state index in [1.54, 1.807) is 0 Å². The van der Waals surface area contributed by atoms with Crippen molar-refractivity contribution in [3.8, 4) is 0 Å². The number of rotatable bonds is 5. The maximum Gasteiger partial charge on any atom is 0.0625 e. The molecule has 2 aromatic rings. The van der Waals surface area contributed by atoms with Crippen LogP contribution in [0.2, 0.25) is 0 Å². The molecule has 0 fully saturated rings. The van der Waals surface area contributed by atoms with Crippen LogP contribution in [-0.4, -0.2) is 19.6 Å². The highest BCUT2D eigenvalue weighted by molar-refractivity contribution is 5.18. The highest BCUT2D eigenvalue weighted by atomic mass is 15.3. The molecule has 5 nitrogen and oxygen atoms in total. The molecular formula is C14H23N5. The number of nitrogens with zero attached hydrogens (tertiary/aromatic N) is 4. The molecular weight excluding hydrogens is 238 g/mol. The zero-order chi connectivity index (χ0) is 14.0. The Bertz CT molecular complexity index is 552. The van der Waals surface area contributed by atoms with Gasteiger partial charge in [0, 0.05) is 25.7 Å². The highest BCUT2D eigenvalue weighted by Gasteiger charge is 2.15. The van der Waals surface area contributed by atoms with E-state index in [1.807, 2.05) is 23.3 Å². The molecule has 19 heavy (non-hydrogen) atoms. The summed E-state index contributed by atoms with van der Waals surface area (Å²) < 4.78 is 3.91. The van der Waals surface area contributed by atoms with Crippen LogP contribution < -0.4 is 5.73 Å². The van der Waals surface area contributed by atoms with Gasteiger partial charge >= 0.3 is 0 Å². The second-order valence-corrected chi connectivity index (χ2v) is 4.94. The van der Waals surface area contributed by atoms with Crippen LogP contribution >= 0.6 is 0 Å². The zero-order valence-electron chi connectivity index (χ0n) is 12.2. The molecule has 0 aliphatic carbocycles. The van der Waals surface area contributed by atoms with Gasteiger partial charge < -0.3 is 5.73 Å². The summed E-state index contributed by atoms with van der Waals surface area (Å²) in [7, 11) is 1.96. The van der Waals surface area contributed by atoms with E-state index in [0.717, 1.165) is 36.5 Å². The lowest BCUT2D eigenvalue weighted by atomic mass is 10.1. The first-order chi connectivity index (χ1) is 9.05. The van der Waals surface area contributed by atoms with Crippen molar-refractivity contribution in [1.29, 1.82) is 0 Å². The van der Waals surface area contributed by atoms with Gasteiger partial charge in [-0.15, -0.1) is 0 Å². The van der Waals surface area contributed by atoms with E-state index in [4.69, 9.17) is 5.73 Å². The summed E-state index contributed by atoms with van der Waals surface area (Å²) in [5, 5.41) is 8.91. The van der Waals surface area contributed by atoms with Crippen molar-refractivity contribution >= 4 is 0 Å². The Morgan fingerprint density at radius 2 is 2.00 bits per heavy atom. The predicted molar refractivity (Wildman–Crippen MR) is 75.9 cm³/mol. The molecule has 0 aliphatic heterocycles. The maximum absolute atomic E-state index is 6.33. The van der Waals surface area contributed by atoms with Crippen LogP contribution in [0.4, 0.5) is 0 Å². The monoisotopic (exact) mass is 261 g/mol. The summed E-state index contributed by atoms with van der Waals surface area (Å²) in [4.78, 5) is 0. The van der Waals surface area contributed by atoms with Crippen molar-refractivity contribution in [3.05, 3.63) is 34.9 Å². The molecule has 0 saturated heterocycles. The van der Waals surface area contributed by atoms with Crippen LogP contribution in [0.15, 0.2) is 12.1 Å². The normalized spacial score (nSPS) is 12.9. The summed E-state index contributed by atoms with van der Waals surface area (Å²) in [6, 6.07) is 4.17. The molecule has 2 heterocycles. The molecule has 1 atom stereocenters. The molecule has 0 aromatic carbocycles. The lowest BCUT2D eigenvalue weighted by Crippen LogP contribution is -2.19. The molecule has 0 saturated carbocycles. The SMILES string of the molecule is CCc1cc(C(N)Cc2cc(C)nn2CC)n(C)n1. The lowest BCUT2D eigenvalue weighted by molar-refractivity contribution is 0.562. The van der Waals surface area contributed by atoms with E-state index in [2.05, 4.69) is 36.2 Å². The van der Waals surface area contributed by atoms with Gasteiger partial charge in [0.15, 0.2) is 0 Å². The Hall–Kier alpha value is -1.62. The molecule has 0 aliphatic rings. The summed E-state index contributed by atoms with van der Waals surface area (Å²) in [5.41, 5.74) is 10.7. The van der Waals surface area contributed by atoms with E-state index in [9.17, 15) is 0 Å². The number of nitrogens with two attached hydrogens (primary N) is 1. The second-order valence-electron chi connectivity index (χ2n) is 4.94. The van der Waals surface area contributed by atoms with Gasteiger partial charge in [-0.1, -0.05) is 6.92 Å². The van der Waals surface area contributed by atoms with E-state index in [1.165, 1.54) is 5.69 Å². The van der Waals surface area contributed by atoms with E-state index < -0.39 is 0 Å². The Morgan fingerprint density at radius 3 is 2.58 bits per heavy atom. The molecule has 0 spiro atoms. The third-order valence-electron chi connectivity index (χ3n) is 3.42. The first kappa shape index (κ1) is 13.8. The van der Waals surface area contributed by atoms with Gasteiger partial charge in [0.05, 0.1) is 23.1 Å². The summed E-state index contributed by atoms with van der Waals surface area (Å²) in [5.74, 6) is 0. The largest absolute Gasteiger partial charge is 0.322 e. The predicted octanol–water partition coefficient (Wildman–Crippen LogP) is 1.75. The minimum Gasteiger partial charge on any atom is -0.322 e. The fourth-order valence-corrected chi connectivity index (χ4v) is 2.43. The van der Waals surface area contributed by atoms with Crippen LogP contribution in [0, 0.1) is 6.92 Å². The van der Waals surface area contributed by atoms with Crippen molar-refractivity contribution in [1.82, 2.24) is 19.6 Å². The van der Waals surface area contributed by atoms with Crippen molar-refractivity contribution in [2.24, 2.45) is 12.8 Å². The summed E-state index contributed by atoms with van der Waals surface area (Å²) >= 11 is 0. The van der Waals surface area contributed by atoms with Crippen LogP contribution in [0.25, 0.3) is 0 Å². The van der Waals surface area contributed by atoms with Crippen molar-refractivity contribution in [3.63, 3.8) is 0 Å². The highest BCUT2D eigenvalue weighted by Crippen LogP contribution is 2.18. The molecule has 2 N–H and O–H groups in total. The molecule has 2 rings (SSSR count). The van der Waals surface area contributed by atoms with Crippen molar-refractivity contribution < 1.29 is 0 Å². The third-order valence-corrected chi connectivity index (χ3v) is 3.42. The molecule has 2 aromatic heterocycles. The number of aromatic nitrogens is 4. The average molecular weight is 261 g/mol. The Balaban J connectivity index is 2.19. The van der Waals surface area contributed by atoms with Gasteiger partial charge in [0.2, 0.25) is 0 Å². The Labute approximate surface area is 114 Å². The third kappa shape index (κ3) is 2.87. The van der Waals surface area contributed by atoms with Gasteiger partial charge in [-0.25, -0.2) is 0 Å². The standard InChI is InChI=1S/C14H23N5/c1-5-11-8-14(18(4)17-11)13(15)9-12-7-10(3)16-19(12)6-2/h7-8,13H,5-6,9,15H2,1-4H3. The fraction of sp³-hybridized carbons (Fsp3) is 0.571. The molecule has 104 valence electrons. The maximum atomic E-state index is 6.33. The number of aryl methyl sites for hydroxylation is 4. The van der Waals surface area contributed by atoms with Crippen molar-refractivity contribution in [2.45, 2.75) is 46.2 Å². The summed E-state index contributed by atoms with van der Waals surface area (Å²) in [6.07, 6.45) is 1.73. The first-order valence-electron chi connectivity index (χ1n) is 6.86. The molecule has 0 bridgehead atoms. The topological polar surface area (TPSA) is 61.7 Å². The first-order valence-corrected chi connectivity index (χ1v) is 6.86. The van der Waals surface area contributed by atoms with E-state index in [0.29, 0.717) is 0 Å². The van der Waals surface area contributed by atoms with Crippen LogP contribution in [0.5, 0.6) is 0 Å². The van der Waals surface area contributed by atoms with E-state index in [-0.39, 0.29) is 6.04 Å². The van der Waals surface area contributed by atoms with E-state index >= 15 is 0 Å². The Kier molecular flexibility index (Phi) is 4.04. The van der Waals surface area contributed by atoms with Crippen molar-refractivity contribution in [2.75, 3.05) is 0 Å². The molecule has 0 radical (unpaired) electrons. The van der Waals surface area contributed by atoms with Gasteiger partial charge in [-0.2, -0.15) is 10.2 Å². The number of hydrogen-bond donors (Lipinski definition) is 1. The molecule has 1 unspecified atom stereocenters. The minimum atomic E-state index is -0.0424. The number of hydrogen-bond acceptors (Lipinski definition) is 3. The van der Waals surface area contributed by atoms with Crippen LogP contribution in [0.3, 0.4) is 0 Å². The van der Waals surface area contributed by atoms with Gasteiger partial charge in [0.1, 0.15) is 0 Å². The summed E-state index contributed by atoms with van der Waals surface area (Å²) in [6.45, 7) is 7.09. The van der Waals surface area contributed by atoms with Gasteiger partial charge in [-0.05, 0) is 32.4 Å². The molecule has 0 amide bonds. The average Bonchev–Trinajstić information content (AvgIpc) is 2.92. The second kappa shape index (κ2) is 5.57. The lowest BCUT2D eigenvalue weighted by Gasteiger charge is -2.12. The van der Waals surface area contributed by atoms with Gasteiger partial charge in [-0.3, -0.25) is 9.36 Å².